The highest BCUT2D eigenvalue weighted by Crippen LogP contribution is 2.13. The Morgan fingerprint density at radius 2 is 1.86 bits per heavy atom. The van der Waals surface area contributed by atoms with E-state index in [2.05, 4.69) is 5.43 Å². The van der Waals surface area contributed by atoms with Gasteiger partial charge in [0.1, 0.15) is 5.75 Å². The Labute approximate surface area is 130 Å². The van der Waals surface area contributed by atoms with Gasteiger partial charge < -0.3 is 9.47 Å². The first-order valence-electron chi connectivity index (χ1n) is 7.48. The van der Waals surface area contributed by atoms with Gasteiger partial charge >= 0.3 is 0 Å². The molecule has 0 saturated carbocycles. The second kappa shape index (κ2) is 8.51. The predicted molar refractivity (Wildman–Crippen MR) is 81.7 cm³/mol. The Balaban J connectivity index is 1.68. The summed E-state index contributed by atoms with van der Waals surface area (Å²) in [4.78, 5) is 23.8. The smallest absolute Gasteiger partial charge is 0.234 e. The minimum absolute atomic E-state index is 0.0434. The number of morpholine rings is 1. The molecule has 1 fully saturated rings. The summed E-state index contributed by atoms with van der Waals surface area (Å²) in [6.45, 7) is 2.68. The largest absolute Gasteiger partial charge is 0.497 e. The topological polar surface area (TPSA) is 67.9 Å². The van der Waals surface area contributed by atoms with Gasteiger partial charge in [-0.1, -0.05) is 0 Å². The molecule has 1 aliphatic rings. The second-order valence-electron chi connectivity index (χ2n) is 5.14. The molecule has 1 heterocycles. The average Bonchev–Trinajstić information content (AvgIpc) is 2.55. The number of ether oxygens (including phenoxy) is 2. The van der Waals surface area contributed by atoms with Gasteiger partial charge in [-0.15, -0.1) is 0 Å². The van der Waals surface area contributed by atoms with E-state index in [-0.39, 0.29) is 11.7 Å². The van der Waals surface area contributed by atoms with Crippen molar-refractivity contribution in [1.82, 2.24) is 10.4 Å². The van der Waals surface area contributed by atoms with E-state index in [0.29, 0.717) is 51.1 Å². The summed E-state index contributed by atoms with van der Waals surface area (Å²) in [5.74, 6) is 0.715. The molecule has 0 aliphatic carbocycles. The molecule has 1 saturated heterocycles. The molecule has 1 aromatic carbocycles. The van der Waals surface area contributed by atoms with Gasteiger partial charge in [-0.25, -0.2) is 5.01 Å². The lowest BCUT2D eigenvalue weighted by atomic mass is 10.1. The van der Waals surface area contributed by atoms with E-state index in [9.17, 15) is 9.59 Å². The molecule has 0 atom stereocenters. The molecular formula is C16H22N2O4. The molecule has 0 bridgehead atoms. The maximum atomic E-state index is 12.0. The van der Waals surface area contributed by atoms with Gasteiger partial charge in [0.25, 0.3) is 0 Å². The van der Waals surface area contributed by atoms with Gasteiger partial charge in [0, 0.05) is 31.5 Å². The zero-order valence-corrected chi connectivity index (χ0v) is 12.8. The van der Waals surface area contributed by atoms with Crippen LogP contribution in [-0.2, 0) is 9.53 Å². The third kappa shape index (κ3) is 5.13. The number of hydrogen-bond acceptors (Lipinski definition) is 5. The van der Waals surface area contributed by atoms with Gasteiger partial charge in [0.05, 0.1) is 20.3 Å². The summed E-state index contributed by atoms with van der Waals surface area (Å²) >= 11 is 0. The first-order valence-corrected chi connectivity index (χ1v) is 7.48. The van der Waals surface area contributed by atoms with Crippen molar-refractivity contribution < 1.29 is 19.1 Å². The van der Waals surface area contributed by atoms with Gasteiger partial charge in [0.15, 0.2) is 5.78 Å². The molecule has 0 unspecified atom stereocenters. The molecule has 1 aromatic rings. The van der Waals surface area contributed by atoms with Crippen LogP contribution in [0.25, 0.3) is 0 Å². The number of methoxy groups -OCH3 is 1. The van der Waals surface area contributed by atoms with Crippen molar-refractivity contribution in [2.24, 2.45) is 0 Å². The van der Waals surface area contributed by atoms with Gasteiger partial charge in [-0.3, -0.25) is 15.0 Å². The highest BCUT2D eigenvalue weighted by atomic mass is 16.5. The molecule has 22 heavy (non-hydrogen) atoms. The van der Waals surface area contributed by atoms with Crippen LogP contribution >= 0.6 is 0 Å². The normalized spacial score (nSPS) is 15.3. The number of benzene rings is 1. The fourth-order valence-corrected chi connectivity index (χ4v) is 2.24. The highest BCUT2D eigenvalue weighted by Gasteiger charge is 2.13. The van der Waals surface area contributed by atoms with Crippen molar-refractivity contribution in [3.8, 4) is 5.75 Å². The van der Waals surface area contributed by atoms with E-state index in [1.165, 1.54) is 0 Å². The number of amides is 1. The molecule has 1 aliphatic heterocycles. The first kappa shape index (κ1) is 16.5. The first-order chi connectivity index (χ1) is 10.7. The van der Waals surface area contributed by atoms with Crippen LogP contribution in [0.5, 0.6) is 5.75 Å². The molecule has 2 rings (SSSR count). The van der Waals surface area contributed by atoms with Crippen LogP contribution in [0.2, 0.25) is 0 Å². The predicted octanol–water partition coefficient (Wildman–Crippen LogP) is 1.41. The minimum Gasteiger partial charge on any atom is -0.497 e. The average molecular weight is 306 g/mol. The summed E-state index contributed by atoms with van der Waals surface area (Å²) in [6.07, 6.45) is 1.25. The van der Waals surface area contributed by atoms with Gasteiger partial charge in [-0.05, 0) is 30.7 Å². The lowest BCUT2D eigenvalue weighted by Gasteiger charge is -2.26. The monoisotopic (exact) mass is 306 g/mol. The summed E-state index contributed by atoms with van der Waals surface area (Å²) < 4.78 is 10.3. The summed E-state index contributed by atoms with van der Waals surface area (Å²) in [5.41, 5.74) is 3.48. The molecule has 1 amide bonds. The van der Waals surface area contributed by atoms with Crippen molar-refractivity contribution >= 4 is 11.7 Å². The van der Waals surface area contributed by atoms with Crippen LogP contribution in [0, 0.1) is 0 Å². The van der Waals surface area contributed by atoms with E-state index in [1.54, 1.807) is 31.4 Å². The minimum atomic E-state index is -0.0515. The molecule has 6 heteroatoms. The summed E-state index contributed by atoms with van der Waals surface area (Å²) in [5, 5.41) is 1.86. The molecule has 0 spiro atoms. The fourth-order valence-electron chi connectivity index (χ4n) is 2.24. The lowest BCUT2D eigenvalue weighted by Crippen LogP contribution is -2.48. The van der Waals surface area contributed by atoms with Gasteiger partial charge in [-0.2, -0.15) is 0 Å². The Morgan fingerprint density at radius 3 is 2.50 bits per heavy atom. The zero-order valence-electron chi connectivity index (χ0n) is 12.8. The molecule has 120 valence electrons. The number of carbonyl (C=O) groups excluding carboxylic acids is 2. The van der Waals surface area contributed by atoms with Crippen molar-refractivity contribution in [2.75, 3.05) is 33.4 Å². The SMILES string of the molecule is COc1ccc(C(=O)CCCC(=O)NN2CCOCC2)cc1. The van der Waals surface area contributed by atoms with E-state index >= 15 is 0 Å². The van der Waals surface area contributed by atoms with Crippen LogP contribution in [-0.4, -0.2) is 50.1 Å². The Hall–Kier alpha value is -1.92. The van der Waals surface area contributed by atoms with Crippen LogP contribution in [0.3, 0.4) is 0 Å². The third-order valence-corrected chi connectivity index (χ3v) is 3.51. The van der Waals surface area contributed by atoms with Crippen LogP contribution in [0.4, 0.5) is 0 Å². The molecule has 1 N–H and O–H groups in total. The lowest BCUT2D eigenvalue weighted by molar-refractivity contribution is -0.128. The highest BCUT2D eigenvalue weighted by molar-refractivity contribution is 5.96. The van der Waals surface area contributed by atoms with Crippen molar-refractivity contribution in [3.63, 3.8) is 0 Å². The standard InChI is InChI=1S/C16H22N2O4/c1-21-14-7-5-13(6-8-14)15(19)3-2-4-16(20)17-18-9-11-22-12-10-18/h5-8H,2-4,9-12H2,1H3,(H,17,20). The number of nitrogens with zero attached hydrogens (tertiary/aromatic N) is 1. The van der Waals surface area contributed by atoms with Crippen LogP contribution < -0.4 is 10.2 Å². The maximum absolute atomic E-state index is 12.0. The fraction of sp³-hybridized carbons (Fsp3) is 0.500. The number of nitrogens with one attached hydrogen (secondary N) is 1. The number of ketones is 1. The number of hydrogen-bond donors (Lipinski definition) is 1. The maximum Gasteiger partial charge on any atom is 0.234 e. The Kier molecular flexibility index (Phi) is 6.36. The van der Waals surface area contributed by atoms with Crippen molar-refractivity contribution in [2.45, 2.75) is 19.3 Å². The number of carbonyl (C=O) groups is 2. The van der Waals surface area contributed by atoms with Crippen LogP contribution in [0.1, 0.15) is 29.6 Å². The third-order valence-electron chi connectivity index (χ3n) is 3.51. The quantitative estimate of drug-likeness (QED) is 0.772. The molecule has 0 aromatic heterocycles. The van der Waals surface area contributed by atoms with E-state index in [0.717, 1.165) is 5.75 Å². The molecule has 0 radical (unpaired) electrons. The summed E-state index contributed by atoms with van der Waals surface area (Å²) in [6, 6.07) is 7.01. The number of rotatable bonds is 7. The molecular weight excluding hydrogens is 284 g/mol. The van der Waals surface area contributed by atoms with Crippen LogP contribution in [0.15, 0.2) is 24.3 Å². The van der Waals surface area contributed by atoms with Gasteiger partial charge in [0.2, 0.25) is 5.91 Å². The van der Waals surface area contributed by atoms with E-state index in [1.807, 2.05) is 5.01 Å². The van der Waals surface area contributed by atoms with Crippen molar-refractivity contribution in [3.05, 3.63) is 29.8 Å². The Bertz CT molecular complexity index is 495. The van der Waals surface area contributed by atoms with Crippen molar-refractivity contribution in [1.29, 1.82) is 0 Å². The van der Waals surface area contributed by atoms with E-state index in [4.69, 9.17) is 9.47 Å². The number of hydrazine groups is 1. The number of Topliss-reactive ketones (excluding diaryl/α,β-unsaturated/α-hetero) is 1. The zero-order chi connectivity index (χ0) is 15.8. The second-order valence-corrected chi connectivity index (χ2v) is 5.14. The molecule has 6 nitrogen and oxygen atoms in total. The van der Waals surface area contributed by atoms with E-state index < -0.39 is 0 Å². The Morgan fingerprint density at radius 1 is 1.18 bits per heavy atom. The summed E-state index contributed by atoms with van der Waals surface area (Å²) in [7, 11) is 1.59.